The number of carbonyl (C=O) groups is 3. The van der Waals surface area contributed by atoms with Crippen LogP contribution in [0, 0.1) is 11.8 Å². The molecule has 3 aromatic heterocycles. The maximum absolute atomic E-state index is 14.5. The molecule has 1 fully saturated rings. The van der Waals surface area contributed by atoms with Crippen molar-refractivity contribution in [1.29, 1.82) is 0 Å². The van der Waals surface area contributed by atoms with E-state index in [0.717, 1.165) is 53.8 Å². The summed E-state index contributed by atoms with van der Waals surface area (Å²) < 4.78 is 39.7. The monoisotopic (exact) mass is 615 g/mol. The zero-order valence-electron chi connectivity index (χ0n) is 23.6. The lowest BCUT2D eigenvalue weighted by atomic mass is 9.93. The van der Waals surface area contributed by atoms with E-state index in [0.29, 0.717) is 17.2 Å². The number of halogens is 2. The summed E-state index contributed by atoms with van der Waals surface area (Å²) in [7, 11) is 1.24. The van der Waals surface area contributed by atoms with E-state index in [4.69, 9.17) is 10.5 Å². The smallest absolute Gasteiger partial charge is 0.306 e. The van der Waals surface area contributed by atoms with E-state index in [1.54, 1.807) is 0 Å². The Hall–Kier alpha value is -4.37. The van der Waals surface area contributed by atoms with E-state index in [2.05, 4.69) is 30.1 Å². The van der Waals surface area contributed by atoms with Gasteiger partial charge in [-0.15, -0.1) is 11.3 Å². The van der Waals surface area contributed by atoms with E-state index in [1.807, 2.05) is 6.92 Å². The van der Waals surface area contributed by atoms with Crippen LogP contribution in [0.25, 0.3) is 16.3 Å². The molecule has 0 bridgehead atoms. The number of allylic oxidation sites excluding steroid dienone is 1. The van der Waals surface area contributed by atoms with Gasteiger partial charge in [0, 0.05) is 36.4 Å². The average Bonchev–Trinajstić information content (AvgIpc) is 3.70. The van der Waals surface area contributed by atoms with Gasteiger partial charge in [0.2, 0.25) is 11.9 Å². The van der Waals surface area contributed by atoms with Crippen molar-refractivity contribution >= 4 is 41.0 Å². The molecule has 0 radical (unpaired) electrons. The summed E-state index contributed by atoms with van der Waals surface area (Å²) in [6, 6.07) is 1.68. The summed E-state index contributed by atoms with van der Waals surface area (Å²) >= 11 is 1.13. The molecule has 0 unspecified atom stereocenters. The third-order valence-corrected chi connectivity index (χ3v) is 7.55. The molecule has 43 heavy (non-hydrogen) atoms. The Morgan fingerprint density at radius 3 is 2.67 bits per heavy atom. The molecule has 0 aliphatic heterocycles. The number of rotatable bonds is 11. The van der Waals surface area contributed by atoms with Crippen molar-refractivity contribution in [3.05, 3.63) is 58.8 Å². The van der Waals surface area contributed by atoms with Crippen molar-refractivity contribution in [3.8, 4) is 10.6 Å². The predicted molar refractivity (Wildman–Crippen MR) is 154 cm³/mol. The number of nitrogens with one attached hydrogen (secondary N) is 1. The second-order valence-corrected chi connectivity index (χ2v) is 10.4. The Balaban J connectivity index is 1.52. The number of esters is 1. The molecule has 3 N–H and O–H groups in total. The third kappa shape index (κ3) is 8.35. The molecule has 0 saturated heterocycles. The van der Waals surface area contributed by atoms with Crippen LogP contribution in [0.4, 0.5) is 8.78 Å². The highest BCUT2D eigenvalue weighted by Gasteiger charge is 2.22. The van der Waals surface area contributed by atoms with Gasteiger partial charge in [-0.1, -0.05) is 0 Å². The van der Waals surface area contributed by atoms with Gasteiger partial charge in [0.25, 0.3) is 5.91 Å². The molecule has 1 amide bonds. The van der Waals surface area contributed by atoms with Crippen LogP contribution < -0.4 is 11.1 Å². The molecular formula is C28H31F2N7O5S. The second-order valence-electron chi connectivity index (χ2n) is 9.59. The number of methoxy groups -OCH3 is 1. The number of amides is 1. The molecule has 15 heteroatoms. The highest BCUT2D eigenvalue weighted by molar-refractivity contribution is 7.13. The van der Waals surface area contributed by atoms with Gasteiger partial charge < -0.3 is 20.5 Å². The SMILES string of the molecule is CCOC1CCC(N=C/C(NC(=O)c2csc(-c3cnn(C(=O)CCC(=O)OC)c3)n2)=C(\N)c2nc(F)ccc2F)CC1. The fourth-order valence-electron chi connectivity index (χ4n) is 4.37. The molecule has 12 nitrogen and oxygen atoms in total. The molecule has 1 aliphatic rings. The summed E-state index contributed by atoms with van der Waals surface area (Å²) in [6.45, 7) is 2.58. The minimum Gasteiger partial charge on any atom is -0.469 e. The lowest BCUT2D eigenvalue weighted by molar-refractivity contribution is -0.140. The number of pyridine rings is 1. The summed E-state index contributed by atoms with van der Waals surface area (Å²) in [5, 5.41) is 8.50. The zero-order chi connectivity index (χ0) is 30.9. The maximum Gasteiger partial charge on any atom is 0.306 e. The minimum atomic E-state index is -0.940. The van der Waals surface area contributed by atoms with Gasteiger partial charge in [-0.2, -0.15) is 9.49 Å². The van der Waals surface area contributed by atoms with Crippen LogP contribution in [0.2, 0.25) is 0 Å². The van der Waals surface area contributed by atoms with Gasteiger partial charge in [0.1, 0.15) is 16.4 Å². The Morgan fingerprint density at radius 1 is 1.19 bits per heavy atom. The Bertz CT molecular complexity index is 1530. The fourth-order valence-corrected chi connectivity index (χ4v) is 5.15. The summed E-state index contributed by atoms with van der Waals surface area (Å²) in [5.74, 6) is -3.42. The molecule has 4 rings (SSSR count). The van der Waals surface area contributed by atoms with Gasteiger partial charge in [-0.3, -0.25) is 19.4 Å². The largest absolute Gasteiger partial charge is 0.469 e. The zero-order valence-corrected chi connectivity index (χ0v) is 24.4. The molecule has 228 valence electrons. The average molecular weight is 616 g/mol. The minimum absolute atomic E-state index is 0.00774. The van der Waals surface area contributed by atoms with Crippen molar-refractivity contribution in [2.24, 2.45) is 10.7 Å². The van der Waals surface area contributed by atoms with Crippen LogP contribution in [0.15, 0.2) is 40.6 Å². The molecule has 0 spiro atoms. The van der Waals surface area contributed by atoms with Gasteiger partial charge in [0.15, 0.2) is 5.82 Å². The molecule has 1 aliphatic carbocycles. The molecule has 0 aromatic carbocycles. The van der Waals surface area contributed by atoms with Crippen LogP contribution in [0.3, 0.4) is 0 Å². The maximum atomic E-state index is 14.5. The van der Waals surface area contributed by atoms with Crippen molar-refractivity contribution < 1.29 is 32.6 Å². The van der Waals surface area contributed by atoms with Crippen LogP contribution in [-0.2, 0) is 14.3 Å². The van der Waals surface area contributed by atoms with Crippen LogP contribution in [0.1, 0.15) is 66.4 Å². The van der Waals surface area contributed by atoms with E-state index >= 15 is 0 Å². The van der Waals surface area contributed by atoms with Crippen molar-refractivity contribution in [2.45, 2.75) is 57.6 Å². The number of thiazole rings is 1. The summed E-state index contributed by atoms with van der Waals surface area (Å²) in [5.41, 5.74) is 5.83. The van der Waals surface area contributed by atoms with E-state index in [-0.39, 0.29) is 42.1 Å². The lowest BCUT2D eigenvalue weighted by Gasteiger charge is -2.26. The van der Waals surface area contributed by atoms with Crippen molar-refractivity contribution in [2.75, 3.05) is 13.7 Å². The first kappa shape index (κ1) is 31.6. The first-order valence-electron chi connectivity index (χ1n) is 13.6. The third-order valence-electron chi connectivity index (χ3n) is 6.66. The Kier molecular flexibility index (Phi) is 10.8. The van der Waals surface area contributed by atoms with Crippen LogP contribution >= 0.6 is 11.3 Å². The molecule has 0 atom stereocenters. The van der Waals surface area contributed by atoms with E-state index < -0.39 is 35.2 Å². The van der Waals surface area contributed by atoms with E-state index in [9.17, 15) is 23.2 Å². The quantitative estimate of drug-likeness (QED) is 0.186. The summed E-state index contributed by atoms with van der Waals surface area (Å²) in [6.07, 6.45) is 7.34. The number of carbonyl (C=O) groups excluding carboxylic acids is 3. The normalized spacial score (nSPS) is 17.5. The first-order chi connectivity index (χ1) is 20.7. The van der Waals surface area contributed by atoms with E-state index in [1.165, 1.54) is 31.1 Å². The number of aliphatic imine (C=N–C) groups is 1. The second kappa shape index (κ2) is 14.7. The number of hydrogen-bond donors (Lipinski definition) is 2. The lowest BCUT2D eigenvalue weighted by Crippen LogP contribution is -2.28. The number of ether oxygens (including phenoxy) is 2. The molecular weight excluding hydrogens is 584 g/mol. The predicted octanol–water partition coefficient (Wildman–Crippen LogP) is 3.75. The van der Waals surface area contributed by atoms with Gasteiger partial charge in [0.05, 0.1) is 43.3 Å². The molecule has 3 heterocycles. The number of aromatic nitrogens is 4. The van der Waals surface area contributed by atoms with Crippen LogP contribution in [0.5, 0.6) is 0 Å². The molecule has 3 aromatic rings. The summed E-state index contributed by atoms with van der Waals surface area (Å²) in [4.78, 5) is 49.3. The van der Waals surface area contributed by atoms with Gasteiger partial charge >= 0.3 is 5.97 Å². The topological polar surface area (TPSA) is 164 Å². The standard InChI is InChI=1S/C28H31F2N7O5S/c1-3-42-18-6-4-17(5-7-18)32-13-20(25(31)26-19(29)8-9-22(30)36-26)34-27(40)21-15-43-28(35-21)16-12-33-37(14-16)23(38)10-11-24(39)41-2/h8-9,12-15,17-18H,3-7,10-11,31H2,1-2H3,(H,34,40)/b25-20+,32-13?. The highest BCUT2D eigenvalue weighted by atomic mass is 32.1. The molecule has 1 saturated carbocycles. The van der Waals surface area contributed by atoms with Crippen LogP contribution in [-0.4, -0.2) is 69.6 Å². The number of nitrogens with two attached hydrogens (primary N) is 1. The van der Waals surface area contributed by atoms with Gasteiger partial charge in [-0.25, -0.2) is 19.0 Å². The Morgan fingerprint density at radius 2 is 1.95 bits per heavy atom. The Labute approximate surface area is 250 Å². The first-order valence-corrected chi connectivity index (χ1v) is 14.4. The van der Waals surface area contributed by atoms with Crippen molar-refractivity contribution in [3.63, 3.8) is 0 Å². The highest BCUT2D eigenvalue weighted by Crippen LogP contribution is 2.25. The van der Waals surface area contributed by atoms with Crippen molar-refractivity contribution in [1.82, 2.24) is 25.1 Å². The number of nitrogens with zero attached hydrogens (tertiary/aromatic N) is 5. The fraction of sp³-hybridized carbons (Fsp3) is 0.393. The number of hydrogen-bond acceptors (Lipinski definition) is 11. The van der Waals surface area contributed by atoms with Gasteiger partial charge in [-0.05, 0) is 44.7 Å².